The quantitative estimate of drug-likeness (QED) is 0.754. The van der Waals surface area contributed by atoms with Crippen LogP contribution in [0.25, 0.3) is 0 Å². The van der Waals surface area contributed by atoms with Gasteiger partial charge in [-0.1, -0.05) is 30.3 Å². The Kier molecular flexibility index (Phi) is 6.36. The van der Waals surface area contributed by atoms with Gasteiger partial charge in [0.05, 0.1) is 17.4 Å². The number of amides is 2. The third kappa shape index (κ3) is 4.72. The molecule has 3 rings (SSSR count). The van der Waals surface area contributed by atoms with Gasteiger partial charge in [-0.2, -0.15) is 0 Å². The Labute approximate surface area is 168 Å². The van der Waals surface area contributed by atoms with Crippen LogP contribution in [-0.2, 0) is 19.1 Å². The number of benzene rings is 2. The van der Waals surface area contributed by atoms with Gasteiger partial charge in [0.2, 0.25) is 5.91 Å². The molecular weight excluding hydrogens is 376 g/mol. The van der Waals surface area contributed by atoms with Crippen molar-refractivity contribution in [2.24, 2.45) is 0 Å². The number of fused-ring (bicyclic) bond motifs is 1. The molecule has 0 spiro atoms. The number of nitrogens with one attached hydrogen (secondary N) is 1. The highest BCUT2D eigenvalue weighted by atomic mass is 32.2. The van der Waals surface area contributed by atoms with Gasteiger partial charge in [-0.25, -0.2) is 0 Å². The number of thioether (sulfide) groups is 1. The van der Waals surface area contributed by atoms with Crippen molar-refractivity contribution in [3.05, 3.63) is 54.6 Å². The highest BCUT2D eigenvalue weighted by molar-refractivity contribution is 8.01. The van der Waals surface area contributed by atoms with Gasteiger partial charge in [0.1, 0.15) is 0 Å². The van der Waals surface area contributed by atoms with Crippen LogP contribution in [0.2, 0.25) is 0 Å². The Morgan fingerprint density at radius 3 is 2.50 bits per heavy atom. The van der Waals surface area contributed by atoms with Gasteiger partial charge in [-0.05, 0) is 38.1 Å². The Morgan fingerprint density at radius 1 is 1.11 bits per heavy atom. The third-order valence-corrected chi connectivity index (χ3v) is 5.51. The molecule has 1 aliphatic rings. The van der Waals surface area contributed by atoms with Gasteiger partial charge in [0.25, 0.3) is 5.91 Å². The molecular formula is C21H22N2O4S. The molecule has 6 nitrogen and oxygen atoms in total. The number of carbonyl (C=O) groups is 3. The van der Waals surface area contributed by atoms with Crippen molar-refractivity contribution in [3.8, 4) is 0 Å². The molecule has 2 aromatic rings. The summed E-state index contributed by atoms with van der Waals surface area (Å²) in [5, 5.41) is 2.22. The van der Waals surface area contributed by atoms with Crippen LogP contribution in [0, 0.1) is 0 Å². The number of anilines is 2. The first-order valence-corrected chi connectivity index (χ1v) is 9.93. The average molecular weight is 398 g/mol. The van der Waals surface area contributed by atoms with Crippen molar-refractivity contribution in [2.45, 2.75) is 36.5 Å². The smallest absolute Gasteiger partial charge is 0.307 e. The van der Waals surface area contributed by atoms with E-state index in [2.05, 4.69) is 5.32 Å². The maximum Gasteiger partial charge on any atom is 0.307 e. The number of nitrogens with zero attached hydrogens (tertiary/aromatic N) is 1. The van der Waals surface area contributed by atoms with E-state index in [1.807, 2.05) is 68.4 Å². The van der Waals surface area contributed by atoms with E-state index >= 15 is 0 Å². The minimum absolute atomic E-state index is 0.0789. The van der Waals surface area contributed by atoms with Gasteiger partial charge in [0.15, 0.2) is 6.61 Å². The first-order valence-electron chi connectivity index (χ1n) is 9.05. The van der Waals surface area contributed by atoms with Crippen LogP contribution in [0.15, 0.2) is 59.5 Å². The van der Waals surface area contributed by atoms with Crippen molar-refractivity contribution in [2.75, 3.05) is 16.8 Å². The maximum absolute atomic E-state index is 12.6. The minimum atomic E-state index is -0.576. The second-order valence-electron chi connectivity index (χ2n) is 6.65. The molecule has 2 aromatic carbocycles. The summed E-state index contributed by atoms with van der Waals surface area (Å²) in [6.07, 6.45) is -0.0921. The number of hydrogen-bond donors (Lipinski definition) is 1. The molecule has 7 heteroatoms. The van der Waals surface area contributed by atoms with Gasteiger partial charge in [-0.3, -0.25) is 14.4 Å². The molecule has 1 heterocycles. The Morgan fingerprint density at radius 2 is 1.79 bits per heavy atom. The summed E-state index contributed by atoms with van der Waals surface area (Å²) in [5.41, 5.74) is 1.49. The topological polar surface area (TPSA) is 75.7 Å². The Hall–Kier alpha value is -2.80. The zero-order valence-corrected chi connectivity index (χ0v) is 16.6. The molecule has 146 valence electrons. The largest absolute Gasteiger partial charge is 0.456 e. The zero-order chi connectivity index (χ0) is 20.1. The molecule has 0 bridgehead atoms. The van der Waals surface area contributed by atoms with E-state index in [4.69, 9.17) is 4.74 Å². The molecule has 0 saturated heterocycles. The molecule has 0 unspecified atom stereocenters. The van der Waals surface area contributed by atoms with Crippen LogP contribution in [0.4, 0.5) is 11.4 Å². The van der Waals surface area contributed by atoms with Gasteiger partial charge in [0, 0.05) is 16.6 Å². The highest BCUT2D eigenvalue weighted by Crippen LogP contribution is 2.36. The van der Waals surface area contributed by atoms with Crippen LogP contribution in [0.3, 0.4) is 0 Å². The van der Waals surface area contributed by atoms with Crippen molar-refractivity contribution in [1.82, 2.24) is 0 Å². The molecule has 1 aliphatic heterocycles. The lowest BCUT2D eigenvalue weighted by atomic mass is 10.2. The van der Waals surface area contributed by atoms with Crippen LogP contribution >= 0.6 is 11.8 Å². The molecule has 0 aromatic heterocycles. The zero-order valence-electron chi connectivity index (χ0n) is 15.8. The van der Waals surface area contributed by atoms with Crippen molar-refractivity contribution >= 4 is 40.9 Å². The lowest BCUT2D eigenvalue weighted by Crippen LogP contribution is -2.40. The highest BCUT2D eigenvalue weighted by Gasteiger charge is 2.30. The van der Waals surface area contributed by atoms with E-state index in [1.165, 1.54) is 11.8 Å². The molecule has 1 N–H and O–H groups in total. The summed E-state index contributed by atoms with van der Waals surface area (Å²) < 4.78 is 5.17. The van der Waals surface area contributed by atoms with E-state index < -0.39 is 11.2 Å². The predicted molar refractivity (Wildman–Crippen MR) is 109 cm³/mol. The average Bonchev–Trinajstić information content (AvgIpc) is 2.67. The maximum atomic E-state index is 12.6. The minimum Gasteiger partial charge on any atom is -0.456 e. The summed E-state index contributed by atoms with van der Waals surface area (Å²) in [6.45, 7) is 3.43. The molecule has 0 radical (unpaired) electrons. The van der Waals surface area contributed by atoms with Crippen LogP contribution in [-0.4, -0.2) is 35.7 Å². The molecule has 0 saturated carbocycles. The van der Waals surface area contributed by atoms with Gasteiger partial charge in [-0.15, -0.1) is 11.8 Å². The fraction of sp³-hybridized carbons (Fsp3) is 0.286. The SMILES string of the molecule is CC(C)N(C(=O)COC(=O)C[C@@H]1Sc2ccccc2NC1=O)c1ccccc1. The van der Waals surface area contributed by atoms with Gasteiger partial charge >= 0.3 is 5.97 Å². The second-order valence-corrected chi connectivity index (χ2v) is 7.89. The standard InChI is InChI=1S/C21H22N2O4S/c1-14(2)23(15-8-4-3-5-9-15)19(24)13-27-20(25)12-18-21(26)22-16-10-6-7-11-17(16)28-18/h3-11,14,18H,12-13H2,1-2H3,(H,22,26)/t18-/m0/s1. The number of carbonyl (C=O) groups excluding carboxylic acids is 3. The summed E-state index contributed by atoms with van der Waals surface area (Å²) in [7, 11) is 0. The van der Waals surface area contributed by atoms with E-state index in [0.717, 1.165) is 16.3 Å². The summed E-state index contributed by atoms with van der Waals surface area (Å²) in [5.74, 6) is -1.11. The van der Waals surface area contributed by atoms with E-state index in [1.54, 1.807) is 4.90 Å². The molecule has 1 atom stereocenters. The molecule has 2 amide bonds. The van der Waals surface area contributed by atoms with Crippen LogP contribution < -0.4 is 10.2 Å². The first kappa shape index (κ1) is 19.9. The molecule has 28 heavy (non-hydrogen) atoms. The van der Waals surface area contributed by atoms with Crippen molar-refractivity contribution in [3.63, 3.8) is 0 Å². The fourth-order valence-corrected chi connectivity index (χ4v) is 4.06. The normalized spacial score (nSPS) is 15.5. The number of rotatable bonds is 6. The van der Waals surface area contributed by atoms with E-state index in [0.29, 0.717) is 0 Å². The fourth-order valence-electron chi connectivity index (χ4n) is 2.97. The third-order valence-electron chi connectivity index (χ3n) is 4.23. The predicted octanol–water partition coefficient (Wildman–Crippen LogP) is 3.47. The van der Waals surface area contributed by atoms with Crippen LogP contribution in [0.5, 0.6) is 0 Å². The summed E-state index contributed by atoms with van der Waals surface area (Å²) in [4.78, 5) is 39.5. The first-order chi connectivity index (χ1) is 13.5. The summed E-state index contributed by atoms with van der Waals surface area (Å²) in [6, 6.07) is 16.6. The number of para-hydroxylation sites is 2. The number of esters is 1. The Balaban J connectivity index is 1.56. The number of hydrogen-bond acceptors (Lipinski definition) is 5. The monoisotopic (exact) mass is 398 g/mol. The van der Waals surface area contributed by atoms with E-state index in [9.17, 15) is 14.4 Å². The van der Waals surface area contributed by atoms with E-state index in [-0.39, 0.29) is 30.9 Å². The van der Waals surface area contributed by atoms with Crippen molar-refractivity contribution < 1.29 is 19.1 Å². The van der Waals surface area contributed by atoms with Crippen molar-refractivity contribution in [1.29, 1.82) is 0 Å². The lowest BCUT2D eigenvalue weighted by Gasteiger charge is -2.27. The lowest BCUT2D eigenvalue weighted by molar-refractivity contribution is -0.148. The Bertz CT molecular complexity index is 870. The van der Waals surface area contributed by atoms with Gasteiger partial charge < -0.3 is 15.0 Å². The number of ether oxygens (including phenoxy) is 1. The molecule has 0 fully saturated rings. The molecule has 0 aliphatic carbocycles. The summed E-state index contributed by atoms with van der Waals surface area (Å²) >= 11 is 1.33. The van der Waals surface area contributed by atoms with Crippen LogP contribution in [0.1, 0.15) is 20.3 Å². The second kappa shape index (κ2) is 8.93.